The van der Waals surface area contributed by atoms with E-state index in [1.807, 2.05) is 11.8 Å². The maximum atomic E-state index is 5.38. The van der Waals surface area contributed by atoms with Gasteiger partial charge in [-0.15, -0.1) is 0 Å². The highest BCUT2D eigenvalue weighted by Crippen LogP contribution is 2.19. The van der Waals surface area contributed by atoms with Crippen LogP contribution >= 0.6 is 11.8 Å². The van der Waals surface area contributed by atoms with E-state index in [4.69, 9.17) is 4.52 Å². The van der Waals surface area contributed by atoms with Crippen molar-refractivity contribution in [3.63, 3.8) is 0 Å². The molecule has 1 saturated carbocycles. The van der Waals surface area contributed by atoms with Crippen molar-refractivity contribution in [3.8, 4) is 0 Å². The number of hydrogen-bond donors (Lipinski definition) is 1. The Labute approximate surface area is 106 Å². The Balaban J connectivity index is 1.48. The summed E-state index contributed by atoms with van der Waals surface area (Å²) in [6.07, 6.45) is 2.63. The molecule has 1 N–H and O–H groups in total. The molecule has 0 spiro atoms. The molecule has 0 bridgehead atoms. The lowest BCUT2D eigenvalue weighted by Crippen LogP contribution is -2.31. The largest absolute Gasteiger partial charge is 0.360 e. The highest BCUT2D eigenvalue weighted by Gasteiger charge is 2.21. The van der Waals surface area contributed by atoms with Crippen LogP contribution in [-0.4, -0.2) is 40.7 Å². The topological polar surface area (TPSA) is 41.3 Å². The molecule has 0 atom stereocenters. The maximum Gasteiger partial charge on any atom is 0.151 e. The third-order valence-corrected chi connectivity index (χ3v) is 4.18. The van der Waals surface area contributed by atoms with E-state index < -0.39 is 0 Å². The average Bonchev–Trinajstić information content (AvgIpc) is 3.09. The second-order valence-electron chi connectivity index (χ2n) is 4.83. The second-order valence-corrected chi connectivity index (χ2v) is 6.05. The standard InChI is InChI=1S/C12H19N3OS/c1-2-10(1)13-8-11-7-12(16-14-11)9-15-3-5-17-6-4-15/h7,10,13H,1-6,8-9H2. The fraction of sp³-hybridized carbons (Fsp3) is 0.750. The first-order valence-corrected chi connectivity index (χ1v) is 7.53. The fourth-order valence-corrected chi connectivity index (χ4v) is 3.01. The second kappa shape index (κ2) is 5.42. The zero-order valence-corrected chi connectivity index (χ0v) is 10.8. The van der Waals surface area contributed by atoms with Crippen LogP contribution < -0.4 is 5.32 Å². The molecule has 17 heavy (non-hydrogen) atoms. The van der Waals surface area contributed by atoms with Gasteiger partial charge in [0.15, 0.2) is 5.76 Å². The Kier molecular flexibility index (Phi) is 3.68. The van der Waals surface area contributed by atoms with E-state index in [-0.39, 0.29) is 0 Å². The van der Waals surface area contributed by atoms with Gasteiger partial charge in [-0.25, -0.2) is 0 Å². The van der Waals surface area contributed by atoms with E-state index in [9.17, 15) is 0 Å². The van der Waals surface area contributed by atoms with Gasteiger partial charge in [0, 0.05) is 43.2 Å². The van der Waals surface area contributed by atoms with Crippen LogP contribution in [-0.2, 0) is 13.1 Å². The summed E-state index contributed by atoms with van der Waals surface area (Å²) in [6.45, 7) is 4.10. The summed E-state index contributed by atoms with van der Waals surface area (Å²) < 4.78 is 5.38. The Morgan fingerprint density at radius 3 is 3.00 bits per heavy atom. The number of nitrogens with zero attached hydrogens (tertiary/aromatic N) is 2. The first kappa shape index (κ1) is 11.6. The van der Waals surface area contributed by atoms with Gasteiger partial charge in [0.2, 0.25) is 0 Å². The molecule has 2 aliphatic rings. The van der Waals surface area contributed by atoms with Crippen molar-refractivity contribution in [2.24, 2.45) is 0 Å². The van der Waals surface area contributed by atoms with Gasteiger partial charge in [-0.2, -0.15) is 11.8 Å². The van der Waals surface area contributed by atoms with Crippen LogP contribution in [0.5, 0.6) is 0 Å². The van der Waals surface area contributed by atoms with Crippen LogP contribution in [0.3, 0.4) is 0 Å². The van der Waals surface area contributed by atoms with E-state index in [2.05, 4.69) is 21.4 Å². The highest BCUT2D eigenvalue weighted by molar-refractivity contribution is 7.99. The summed E-state index contributed by atoms with van der Waals surface area (Å²) >= 11 is 2.03. The van der Waals surface area contributed by atoms with Gasteiger partial charge in [0.25, 0.3) is 0 Å². The normalized spacial score (nSPS) is 21.9. The van der Waals surface area contributed by atoms with Gasteiger partial charge in [0.1, 0.15) is 0 Å². The number of thioether (sulfide) groups is 1. The number of nitrogens with one attached hydrogen (secondary N) is 1. The minimum Gasteiger partial charge on any atom is -0.360 e. The van der Waals surface area contributed by atoms with Crippen molar-refractivity contribution in [1.82, 2.24) is 15.4 Å². The average molecular weight is 253 g/mol. The summed E-state index contributed by atoms with van der Waals surface area (Å²) in [5, 5.41) is 7.56. The van der Waals surface area contributed by atoms with Gasteiger partial charge >= 0.3 is 0 Å². The fourth-order valence-electron chi connectivity index (χ4n) is 2.03. The van der Waals surface area contributed by atoms with Crippen molar-refractivity contribution in [2.75, 3.05) is 24.6 Å². The van der Waals surface area contributed by atoms with E-state index >= 15 is 0 Å². The zero-order chi connectivity index (χ0) is 11.5. The number of aromatic nitrogens is 1. The Morgan fingerprint density at radius 2 is 2.24 bits per heavy atom. The minimum absolute atomic E-state index is 0.731. The van der Waals surface area contributed by atoms with E-state index in [0.717, 1.165) is 30.6 Å². The zero-order valence-electron chi connectivity index (χ0n) is 10.0. The van der Waals surface area contributed by atoms with Crippen LogP contribution in [0.25, 0.3) is 0 Å². The smallest absolute Gasteiger partial charge is 0.151 e. The minimum atomic E-state index is 0.731. The van der Waals surface area contributed by atoms with Crippen LogP contribution in [0.4, 0.5) is 0 Å². The van der Waals surface area contributed by atoms with Crippen molar-refractivity contribution in [2.45, 2.75) is 32.0 Å². The van der Waals surface area contributed by atoms with Crippen molar-refractivity contribution >= 4 is 11.8 Å². The van der Waals surface area contributed by atoms with E-state index in [1.165, 1.54) is 37.4 Å². The van der Waals surface area contributed by atoms with Crippen molar-refractivity contribution in [1.29, 1.82) is 0 Å². The van der Waals surface area contributed by atoms with Gasteiger partial charge in [-0.3, -0.25) is 4.90 Å². The lowest BCUT2D eigenvalue weighted by molar-refractivity contribution is 0.250. The molecule has 5 heteroatoms. The lowest BCUT2D eigenvalue weighted by Gasteiger charge is -2.24. The van der Waals surface area contributed by atoms with Crippen molar-refractivity contribution < 1.29 is 4.52 Å². The van der Waals surface area contributed by atoms with Gasteiger partial charge in [0.05, 0.1) is 12.2 Å². The molecule has 0 aromatic carbocycles. The molecule has 2 fully saturated rings. The summed E-state index contributed by atoms with van der Waals surface area (Å²) in [7, 11) is 0. The third kappa shape index (κ3) is 3.47. The quantitative estimate of drug-likeness (QED) is 0.861. The molecule has 3 rings (SSSR count). The molecular weight excluding hydrogens is 234 g/mol. The molecule has 1 aromatic heterocycles. The Hall–Kier alpha value is -0.520. The van der Waals surface area contributed by atoms with Gasteiger partial charge in [-0.05, 0) is 12.8 Å². The Bertz CT molecular complexity index is 358. The highest BCUT2D eigenvalue weighted by atomic mass is 32.2. The molecule has 0 amide bonds. The number of rotatable bonds is 5. The molecule has 2 heterocycles. The molecular formula is C12H19N3OS. The molecule has 0 radical (unpaired) electrons. The lowest BCUT2D eigenvalue weighted by atomic mass is 10.3. The molecule has 0 unspecified atom stereocenters. The summed E-state index contributed by atoms with van der Waals surface area (Å²) in [5.74, 6) is 3.48. The summed E-state index contributed by atoms with van der Waals surface area (Å²) in [4.78, 5) is 2.44. The van der Waals surface area contributed by atoms with Gasteiger partial charge in [-0.1, -0.05) is 5.16 Å². The van der Waals surface area contributed by atoms with Crippen LogP contribution in [0.15, 0.2) is 10.6 Å². The molecule has 1 aromatic rings. The predicted octanol–water partition coefficient (Wildman–Crippen LogP) is 1.48. The van der Waals surface area contributed by atoms with Crippen LogP contribution in [0.1, 0.15) is 24.3 Å². The monoisotopic (exact) mass is 253 g/mol. The predicted molar refractivity (Wildman–Crippen MR) is 69.0 cm³/mol. The van der Waals surface area contributed by atoms with E-state index in [0.29, 0.717) is 0 Å². The summed E-state index contributed by atoms with van der Waals surface area (Å²) in [6, 6.07) is 2.83. The third-order valence-electron chi connectivity index (χ3n) is 3.24. The number of hydrogen-bond acceptors (Lipinski definition) is 5. The summed E-state index contributed by atoms with van der Waals surface area (Å²) in [5.41, 5.74) is 1.04. The first-order valence-electron chi connectivity index (χ1n) is 6.38. The molecule has 1 aliphatic heterocycles. The maximum absolute atomic E-state index is 5.38. The Morgan fingerprint density at radius 1 is 1.41 bits per heavy atom. The SMILES string of the molecule is c1c(CNC2CC2)noc1CN1CCSCC1. The molecule has 1 saturated heterocycles. The first-order chi connectivity index (χ1) is 8.40. The van der Waals surface area contributed by atoms with E-state index in [1.54, 1.807) is 0 Å². The van der Waals surface area contributed by atoms with Gasteiger partial charge < -0.3 is 9.84 Å². The molecule has 94 valence electrons. The van der Waals surface area contributed by atoms with Crippen LogP contribution in [0.2, 0.25) is 0 Å². The van der Waals surface area contributed by atoms with Crippen LogP contribution in [0, 0.1) is 0 Å². The molecule has 4 nitrogen and oxygen atoms in total. The van der Waals surface area contributed by atoms with Crippen molar-refractivity contribution in [3.05, 3.63) is 17.5 Å². The molecule has 1 aliphatic carbocycles.